The second-order valence-electron chi connectivity index (χ2n) is 19.3. The lowest BCUT2D eigenvalue weighted by molar-refractivity contribution is -0.132. The summed E-state index contributed by atoms with van der Waals surface area (Å²) in [7, 11) is 0. The molecule has 4 unspecified atom stereocenters. The minimum atomic E-state index is -1.25. The minimum Gasteiger partial charge on any atom is -0.394 e. The lowest BCUT2D eigenvalue weighted by Gasteiger charge is -2.27. The normalized spacial score (nSPS) is 13.8. The SMILES string of the molecule is CCCCCCCCCCCCCCCCCCCCCCCCCCCCCCCC(O)C(=O)NC(CO)C(O)C(O)CCCCCCCCCCCCCCCCC. The Morgan fingerprint density at radius 3 is 0.800 bits per heavy atom. The van der Waals surface area contributed by atoms with Gasteiger partial charge in [-0.05, 0) is 12.8 Å². The van der Waals surface area contributed by atoms with Crippen molar-refractivity contribution in [2.24, 2.45) is 0 Å². The van der Waals surface area contributed by atoms with E-state index in [4.69, 9.17) is 0 Å². The summed E-state index contributed by atoms with van der Waals surface area (Å²) in [5, 5.41) is 43.9. The fourth-order valence-corrected chi connectivity index (χ4v) is 9.00. The van der Waals surface area contributed by atoms with Crippen LogP contribution in [0.1, 0.15) is 309 Å². The van der Waals surface area contributed by atoms with Crippen molar-refractivity contribution in [1.82, 2.24) is 5.32 Å². The third-order valence-corrected chi connectivity index (χ3v) is 13.3. The first kappa shape index (κ1) is 59.3. The molecule has 0 aliphatic rings. The van der Waals surface area contributed by atoms with Crippen LogP contribution in [-0.4, -0.2) is 57.3 Å². The van der Waals surface area contributed by atoms with Gasteiger partial charge in [-0.15, -0.1) is 0 Å². The topological polar surface area (TPSA) is 110 Å². The quantitative estimate of drug-likeness (QED) is 0.0392. The van der Waals surface area contributed by atoms with E-state index in [2.05, 4.69) is 19.2 Å². The Bertz CT molecular complexity index is 826. The first-order valence-electron chi connectivity index (χ1n) is 27.4. The van der Waals surface area contributed by atoms with Gasteiger partial charge in [0.25, 0.3) is 0 Å². The summed E-state index contributed by atoms with van der Waals surface area (Å²) in [4.78, 5) is 12.6. The molecule has 0 bridgehead atoms. The van der Waals surface area contributed by atoms with Gasteiger partial charge >= 0.3 is 0 Å². The molecule has 0 saturated heterocycles. The Labute approximate surface area is 375 Å². The third-order valence-electron chi connectivity index (χ3n) is 13.3. The van der Waals surface area contributed by atoms with Gasteiger partial charge in [0.15, 0.2) is 0 Å². The highest BCUT2D eigenvalue weighted by Crippen LogP contribution is 2.19. The summed E-state index contributed by atoms with van der Waals surface area (Å²) in [5.74, 6) is -0.576. The first-order valence-corrected chi connectivity index (χ1v) is 27.4. The molecule has 0 aliphatic carbocycles. The molecule has 0 saturated carbocycles. The molecule has 1 amide bonds. The van der Waals surface area contributed by atoms with Crippen LogP contribution in [0.5, 0.6) is 0 Å². The fourth-order valence-electron chi connectivity index (χ4n) is 9.00. The zero-order chi connectivity index (χ0) is 43.8. The van der Waals surface area contributed by atoms with Crippen LogP contribution in [0.3, 0.4) is 0 Å². The largest absolute Gasteiger partial charge is 0.394 e. The minimum absolute atomic E-state index is 0.376. The molecule has 5 N–H and O–H groups in total. The Morgan fingerprint density at radius 1 is 0.350 bits per heavy atom. The molecule has 0 radical (unpaired) electrons. The van der Waals surface area contributed by atoms with Gasteiger partial charge in [0, 0.05) is 0 Å². The van der Waals surface area contributed by atoms with Gasteiger partial charge in [0.2, 0.25) is 5.91 Å². The number of hydrogen-bond acceptors (Lipinski definition) is 5. The number of carbonyl (C=O) groups is 1. The van der Waals surface area contributed by atoms with Gasteiger partial charge in [0.05, 0.1) is 18.8 Å². The number of nitrogens with one attached hydrogen (secondary N) is 1. The predicted octanol–water partition coefficient (Wildman–Crippen LogP) is 15.5. The second-order valence-corrected chi connectivity index (χ2v) is 19.3. The smallest absolute Gasteiger partial charge is 0.249 e. The van der Waals surface area contributed by atoms with Crippen LogP contribution in [0.25, 0.3) is 0 Å². The molecule has 60 heavy (non-hydrogen) atoms. The molecule has 0 aromatic carbocycles. The average molecular weight is 852 g/mol. The lowest BCUT2D eigenvalue weighted by Crippen LogP contribution is -2.53. The molecule has 0 aliphatic heterocycles. The average Bonchev–Trinajstić information content (AvgIpc) is 3.25. The van der Waals surface area contributed by atoms with E-state index in [9.17, 15) is 25.2 Å². The van der Waals surface area contributed by atoms with Gasteiger partial charge in [0.1, 0.15) is 12.2 Å². The number of hydrogen-bond donors (Lipinski definition) is 5. The summed E-state index contributed by atoms with van der Waals surface area (Å²) in [6, 6.07) is -0.980. The summed E-state index contributed by atoms with van der Waals surface area (Å²) < 4.78 is 0. The van der Waals surface area contributed by atoms with Crippen molar-refractivity contribution in [3.8, 4) is 0 Å². The Kier molecular flexibility index (Phi) is 48.8. The zero-order valence-electron chi connectivity index (χ0n) is 40.7. The lowest BCUT2D eigenvalue weighted by atomic mass is 9.99. The van der Waals surface area contributed by atoms with Gasteiger partial charge in [-0.25, -0.2) is 0 Å². The molecule has 6 heteroatoms. The van der Waals surface area contributed by atoms with Crippen molar-refractivity contribution in [3.05, 3.63) is 0 Å². The zero-order valence-corrected chi connectivity index (χ0v) is 40.7. The van der Waals surface area contributed by atoms with E-state index in [1.165, 1.54) is 244 Å². The summed E-state index contributed by atoms with van der Waals surface area (Å²) in [6.07, 6.45) is 56.0. The molecular formula is C54H109NO5. The van der Waals surface area contributed by atoms with E-state index in [1.807, 2.05) is 0 Å². The fraction of sp³-hybridized carbons (Fsp3) is 0.981. The molecule has 6 nitrogen and oxygen atoms in total. The summed E-state index contributed by atoms with van der Waals surface area (Å²) >= 11 is 0. The monoisotopic (exact) mass is 852 g/mol. The maximum Gasteiger partial charge on any atom is 0.249 e. The first-order chi connectivity index (χ1) is 29.5. The predicted molar refractivity (Wildman–Crippen MR) is 261 cm³/mol. The molecule has 0 heterocycles. The van der Waals surface area contributed by atoms with Crippen molar-refractivity contribution in [1.29, 1.82) is 0 Å². The van der Waals surface area contributed by atoms with Crippen LogP contribution in [0.15, 0.2) is 0 Å². The van der Waals surface area contributed by atoms with Crippen LogP contribution in [-0.2, 0) is 4.79 Å². The maximum atomic E-state index is 12.6. The molecule has 4 atom stereocenters. The third kappa shape index (κ3) is 42.6. The second kappa shape index (κ2) is 49.3. The van der Waals surface area contributed by atoms with E-state index >= 15 is 0 Å². The van der Waals surface area contributed by atoms with Crippen LogP contribution < -0.4 is 5.32 Å². The van der Waals surface area contributed by atoms with Crippen molar-refractivity contribution in [2.45, 2.75) is 334 Å². The van der Waals surface area contributed by atoms with Crippen LogP contribution in [0, 0.1) is 0 Å². The van der Waals surface area contributed by atoms with Crippen molar-refractivity contribution >= 4 is 5.91 Å². The van der Waals surface area contributed by atoms with Gasteiger partial charge in [-0.3, -0.25) is 4.79 Å². The molecule has 0 rings (SSSR count). The van der Waals surface area contributed by atoms with Crippen LogP contribution in [0.4, 0.5) is 0 Å². The Hall–Kier alpha value is -0.690. The number of unbranched alkanes of at least 4 members (excludes halogenated alkanes) is 42. The molecule has 0 aromatic heterocycles. The number of aliphatic hydroxyl groups is 4. The van der Waals surface area contributed by atoms with Gasteiger partial charge in [-0.1, -0.05) is 296 Å². The van der Waals surface area contributed by atoms with Crippen molar-refractivity contribution in [2.75, 3.05) is 6.61 Å². The molecule has 0 fully saturated rings. The van der Waals surface area contributed by atoms with E-state index in [0.29, 0.717) is 12.8 Å². The maximum absolute atomic E-state index is 12.6. The van der Waals surface area contributed by atoms with E-state index < -0.39 is 36.9 Å². The number of aliphatic hydroxyl groups excluding tert-OH is 4. The number of amides is 1. The number of rotatable bonds is 51. The standard InChI is InChI=1S/C54H109NO5/c1-3-5-7-9-11-13-15-17-19-20-21-22-23-24-25-26-27-28-29-30-31-32-34-36-38-40-42-44-46-48-52(58)54(60)55-50(49-56)53(59)51(57)47-45-43-41-39-37-35-33-18-16-14-12-10-8-6-4-2/h50-53,56-59H,3-49H2,1-2H3,(H,55,60). The van der Waals surface area contributed by atoms with E-state index in [1.54, 1.807) is 0 Å². The highest BCUT2D eigenvalue weighted by Gasteiger charge is 2.28. The molecule has 0 spiro atoms. The number of carbonyl (C=O) groups excluding carboxylic acids is 1. The Morgan fingerprint density at radius 2 is 0.567 bits per heavy atom. The summed E-state index contributed by atoms with van der Waals surface area (Å²) in [5.41, 5.74) is 0. The van der Waals surface area contributed by atoms with E-state index in [-0.39, 0.29) is 0 Å². The summed E-state index contributed by atoms with van der Waals surface area (Å²) in [6.45, 7) is 4.09. The Balaban J connectivity index is 3.55. The van der Waals surface area contributed by atoms with Crippen molar-refractivity contribution < 1.29 is 25.2 Å². The van der Waals surface area contributed by atoms with Gasteiger partial charge in [-0.2, -0.15) is 0 Å². The van der Waals surface area contributed by atoms with E-state index in [0.717, 1.165) is 38.5 Å². The van der Waals surface area contributed by atoms with Crippen LogP contribution >= 0.6 is 0 Å². The van der Waals surface area contributed by atoms with Gasteiger partial charge < -0.3 is 25.7 Å². The molecule has 0 aromatic rings. The molecular weight excluding hydrogens is 743 g/mol. The molecule has 360 valence electrons. The van der Waals surface area contributed by atoms with Crippen molar-refractivity contribution in [3.63, 3.8) is 0 Å². The highest BCUT2D eigenvalue weighted by atomic mass is 16.3. The van der Waals surface area contributed by atoms with Crippen LogP contribution in [0.2, 0.25) is 0 Å². The highest BCUT2D eigenvalue weighted by molar-refractivity contribution is 5.80.